The molecule has 0 atom stereocenters. The van der Waals surface area contributed by atoms with Crippen LogP contribution in [0.15, 0.2) is 0 Å². The van der Waals surface area contributed by atoms with E-state index in [1.807, 2.05) is 0 Å². The summed E-state index contributed by atoms with van der Waals surface area (Å²) in [5, 5.41) is 0. The van der Waals surface area contributed by atoms with E-state index in [1.165, 1.54) is 0 Å². The van der Waals surface area contributed by atoms with Crippen molar-refractivity contribution in [1.29, 1.82) is 0 Å². The summed E-state index contributed by atoms with van der Waals surface area (Å²) >= 11 is 0. The predicted molar refractivity (Wildman–Crippen MR) is 12.4 cm³/mol. The van der Waals surface area contributed by atoms with Crippen LogP contribution in [-0.4, -0.2) is 34.0 Å². The maximum atomic E-state index is 0. The van der Waals surface area contributed by atoms with Gasteiger partial charge in [0.15, 0.2) is 0 Å². The molecule has 5 heavy (non-hydrogen) atoms. The molecule has 0 aliphatic rings. The Labute approximate surface area is 70.1 Å². The zero-order chi connectivity index (χ0) is 0. The van der Waals surface area contributed by atoms with E-state index in [0.29, 0.717) is 0 Å². The van der Waals surface area contributed by atoms with Crippen molar-refractivity contribution < 1.29 is 47.5 Å². The average Bonchev–Trinajstić information content (AvgIpc) is 0. The van der Waals surface area contributed by atoms with Crippen LogP contribution in [-0.2, 0) is 36.5 Å². The molecule has 0 heterocycles. The van der Waals surface area contributed by atoms with E-state index in [2.05, 4.69) is 0 Å². The van der Waals surface area contributed by atoms with E-state index in [1.54, 1.807) is 0 Å². The molecule has 0 saturated carbocycles. The molecule has 0 saturated heterocycles. The van der Waals surface area contributed by atoms with Gasteiger partial charge in [0.25, 0.3) is 0 Å². The summed E-state index contributed by atoms with van der Waals surface area (Å²) < 4.78 is 0. The van der Waals surface area contributed by atoms with Gasteiger partial charge in [0.05, 0.1) is 0 Å². The van der Waals surface area contributed by atoms with Crippen LogP contribution in [0.2, 0.25) is 0 Å². The van der Waals surface area contributed by atoms with Gasteiger partial charge in [-0.3, -0.25) is 0 Å². The van der Waals surface area contributed by atoms with Crippen LogP contribution in [0, 0.1) is 0 Å². The first kappa shape index (κ1) is 69.4. The molecule has 0 aromatic rings. The van der Waals surface area contributed by atoms with Crippen LogP contribution in [0.5, 0.6) is 0 Å². The molecular formula is H4CuMgO2Zn. The predicted octanol–water partition coefficient (Wildman–Crippen LogP) is -1.27. The van der Waals surface area contributed by atoms with E-state index < -0.39 is 0 Å². The molecular weight excluding hydrogens is 185 g/mol. The molecule has 31 valence electrons. The third-order valence-corrected chi connectivity index (χ3v) is 0. The van der Waals surface area contributed by atoms with Crippen LogP contribution in [0.25, 0.3) is 0 Å². The van der Waals surface area contributed by atoms with Crippen LogP contribution < -0.4 is 0 Å². The van der Waals surface area contributed by atoms with Crippen molar-refractivity contribution in [1.82, 2.24) is 0 Å². The van der Waals surface area contributed by atoms with E-state index in [-0.39, 0.29) is 70.6 Å². The first-order valence-electron chi connectivity index (χ1n) is 0. The van der Waals surface area contributed by atoms with Gasteiger partial charge in [0.1, 0.15) is 0 Å². The molecule has 1 radical (unpaired) electrons. The Kier molecular flexibility index (Phi) is 564. The standard InChI is InChI=1S/Cu.Mg.2H2O.Zn.2H/h;;2*1H2;;;/q;;;;+2;;/p-2. The van der Waals surface area contributed by atoms with Crippen molar-refractivity contribution in [3.63, 3.8) is 0 Å². The first-order chi connectivity index (χ1) is 0. The summed E-state index contributed by atoms with van der Waals surface area (Å²) in [5.74, 6) is 0. The van der Waals surface area contributed by atoms with Crippen molar-refractivity contribution in [2.75, 3.05) is 0 Å². The normalized spacial score (nSPS) is 0. The third kappa shape index (κ3) is 25.5. The Morgan fingerprint density at radius 2 is 0.800 bits per heavy atom. The molecule has 0 unspecified atom stereocenters. The van der Waals surface area contributed by atoms with Crippen molar-refractivity contribution in [2.24, 2.45) is 0 Å². The fourth-order valence-corrected chi connectivity index (χ4v) is 0. The van der Waals surface area contributed by atoms with Gasteiger partial charge >= 0.3 is 42.5 Å². The van der Waals surface area contributed by atoms with Gasteiger partial charge in [-0.25, -0.2) is 0 Å². The van der Waals surface area contributed by atoms with Crippen LogP contribution in [0.4, 0.5) is 0 Å². The molecule has 0 spiro atoms. The van der Waals surface area contributed by atoms with E-state index in [0.717, 1.165) is 0 Å². The van der Waals surface area contributed by atoms with Crippen molar-refractivity contribution in [3.8, 4) is 0 Å². The Balaban J connectivity index is 0. The second-order valence-electron chi connectivity index (χ2n) is 0. The summed E-state index contributed by atoms with van der Waals surface area (Å²) in [6.07, 6.45) is 0. The largest absolute Gasteiger partial charge is 2.00 e. The summed E-state index contributed by atoms with van der Waals surface area (Å²) in [7, 11) is 0. The van der Waals surface area contributed by atoms with Gasteiger partial charge in [-0.1, -0.05) is 0 Å². The van der Waals surface area contributed by atoms with Crippen LogP contribution in [0.1, 0.15) is 0 Å². The molecule has 0 aromatic carbocycles. The molecule has 2 nitrogen and oxygen atoms in total. The average molecular weight is 189 g/mol. The zero-order valence-corrected chi connectivity index (χ0v) is 5.81. The Hall–Kier alpha value is 1.83. The molecule has 0 amide bonds. The van der Waals surface area contributed by atoms with E-state index >= 15 is 0 Å². The monoisotopic (exact) mass is 187 g/mol. The van der Waals surface area contributed by atoms with Gasteiger partial charge in [0.2, 0.25) is 0 Å². The summed E-state index contributed by atoms with van der Waals surface area (Å²) in [6.45, 7) is 0. The molecule has 0 aliphatic carbocycles. The number of hydrogen-bond acceptors (Lipinski definition) is 2. The second-order valence-corrected chi connectivity index (χ2v) is 0. The van der Waals surface area contributed by atoms with Crippen molar-refractivity contribution in [2.45, 2.75) is 0 Å². The number of rotatable bonds is 0. The SMILES string of the molecule is [Cu].[MgH2].[OH-].[OH-].[Zn+2]. The van der Waals surface area contributed by atoms with Crippen LogP contribution in [0.3, 0.4) is 0 Å². The minimum atomic E-state index is 0. The van der Waals surface area contributed by atoms with Gasteiger partial charge < -0.3 is 11.0 Å². The van der Waals surface area contributed by atoms with Crippen molar-refractivity contribution in [3.05, 3.63) is 0 Å². The van der Waals surface area contributed by atoms with Crippen LogP contribution >= 0.6 is 0 Å². The fourth-order valence-electron chi connectivity index (χ4n) is 0. The maximum Gasteiger partial charge on any atom is 2.00 e. The fraction of sp³-hybridized carbons (Fsp3) is 0. The maximum absolute atomic E-state index is 0. The third-order valence-electron chi connectivity index (χ3n) is 0. The molecule has 0 rings (SSSR count). The van der Waals surface area contributed by atoms with Gasteiger partial charge in [-0.15, -0.1) is 0 Å². The molecule has 0 aromatic heterocycles. The topological polar surface area (TPSA) is 60.0 Å². The Bertz CT molecular complexity index is 9.61. The minimum Gasteiger partial charge on any atom is -0.870 e. The quantitative estimate of drug-likeness (QED) is 0.446. The smallest absolute Gasteiger partial charge is 0.870 e. The summed E-state index contributed by atoms with van der Waals surface area (Å²) in [5.41, 5.74) is 0. The molecule has 0 fully saturated rings. The summed E-state index contributed by atoms with van der Waals surface area (Å²) in [4.78, 5) is 0. The molecule has 0 aliphatic heterocycles. The van der Waals surface area contributed by atoms with Gasteiger partial charge in [-0.2, -0.15) is 0 Å². The molecule has 2 N–H and O–H groups in total. The van der Waals surface area contributed by atoms with E-state index in [9.17, 15) is 0 Å². The first-order valence-corrected chi connectivity index (χ1v) is 0. The molecule has 0 bridgehead atoms. The second kappa shape index (κ2) is 40.6. The number of hydrogen-bond donors (Lipinski definition) is 0. The van der Waals surface area contributed by atoms with Gasteiger partial charge in [0, 0.05) is 17.1 Å². The van der Waals surface area contributed by atoms with Crippen molar-refractivity contribution >= 4 is 23.1 Å². The Morgan fingerprint density at radius 1 is 0.800 bits per heavy atom. The Morgan fingerprint density at radius 3 is 0.800 bits per heavy atom. The van der Waals surface area contributed by atoms with Gasteiger partial charge in [-0.05, 0) is 0 Å². The van der Waals surface area contributed by atoms with E-state index in [4.69, 9.17) is 0 Å². The summed E-state index contributed by atoms with van der Waals surface area (Å²) in [6, 6.07) is 0. The zero-order valence-electron chi connectivity index (χ0n) is 1.90. The minimum absolute atomic E-state index is 0. The molecule has 5 heteroatoms.